The number of sulfonamides is 1. The van der Waals surface area contributed by atoms with Gasteiger partial charge < -0.3 is 5.73 Å². The Balaban J connectivity index is 2.18. The largest absolute Gasteiger partial charge is 0.326 e. The number of aryl methyl sites for hydroxylation is 1. The van der Waals surface area contributed by atoms with Crippen molar-refractivity contribution in [1.29, 1.82) is 0 Å². The molecule has 4 nitrogen and oxygen atoms in total. The van der Waals surface area contributed by atoms with E-state index in [0.717, 1.165) is 23.3 Å². The van der Waals surface area contributed by atoms with Gasteiger partial charge in [0.25, 0.3) is 0 Å². The lowest BCUT2D eigenvalue weighted by Crippen LogP contribution is -2.33. The van der Waals surface area contributed by atoms with E-state index in [1.54, 1.807) is 7.05 Å². The van der Waals surface area contributed by atoms with Gasteiger partial charge in [0.15, 0.2) is 0 Å². The summed E-state index contributed by atoms with van der Waals surface area (Å²) in [5, 5.41) is 1.88. The van der Waals surface area contributed by atoms with Crippen LogP contribution in [0.3, 0.4) is 0 Å². The Morgan fingerprint density at radius 2 is 2.00 bits per heavy atom. The summed E-state index contributed by atoms with van der Waals surface area (Å²) in [6.07, 6.45) is 6.03. The van der Waals surface area contributed by atoms with Gasteiger partial charge in [-0.25, -0.2) is 12.7 Å². The van der Waals surface area contributed by atoms with Crippen molar-refractivity contribution in [3.63, 3.8) is 0 Å². The van der Waals surface area contributed by atoms with Crippen molar-refractivity contribution in [1.82, 2.24) is 4.31 Å². The molecule has 2 N–H and O–H groups in total. The second kappa shape index (κ2) is 6.56. The summed E-state index contributed by atoms with van der Waals surface area (Å²) < 4.78 is 27.0. The predicted molar refractivity (Wildman–Crippen MR) is 83.3 cm³/mol. The van der Waals surface area contributed by atoms with Crippen LogP contribution in [-0.2, 0) is 16.6 Å². The molecule has 1 aliphatic rings. The van der Waals surface area contributed by atoms with E-state index >= 15 is 0 Å². The second-order valence-corrected chi connectivity index (χ2v) is 8.61. The molecule has 1 heterocycles. The van der Waals surface area contributed by atoms with Gasteiger partial charge in [0.05, 0.1) is 0 Å². The van der Waals surface area contributed by atoms with Gasteiger partial charge in [-0.3, -0.25) is 0 Å². The van der Waals surface area contributed by atoms with Gasteiger partial charge in [-0.2, -0.15) is 0 Å². The number of nitrogens with zero attached hydrogens (tertiary/aromatic N) is 1. The molecule has 0 amide bonds. The third-order valence-corrected chi connectivity index (χ3v) is 7.39. The van der Waals surface area contributed by atoms with E-state index in [1.807, 2.05) is 12.3 Å². The summed E-state index contributed by atoms with van der Waals surface area (Å²) in [5.41, 5.74) is 6.48. The number of rotatable bonds is 5. The molecule has 0 aliphatic heterocycles. The zero-order valence-electron chi connectivity index (χ0n) is 12.3. The number of hydrogen-bond donors (Lipinski definition) is 1. The first-order valence-electron chi connectivity index (χ1n) is 7.20. The van der Waals surface area contributed by atoms with E-state index in [0.29, 0.717) is 17.4 Å². The Hall–Kier alpha value is -0.430. The van der Waals surface area contributed by atoms with Gasteiger partial charge in [0.2, 0.25) is 10.0 Å². The molecule has 2 rings (SSSR count). The molecule has 1 saturated carbocycles. The second-order valence-electron chi connectivity index (χ2n) is 5.66. The SMILES string of the molecule is Cc1csc(CN)c1S(=O)(=O)N(C)CC1CCCCC1. The van der Waals surface area contributed by atoms with Crippen molar-refractivity contribution < 1.29 is 8.42 Å². The molecule has 0 aromatic carbocycles. The van der Waals surface area contributed by atoms with Crippen LogP contribution in [0.15, 0.2) is 10.3 Å². The van der Waals surface area contributed by atoms with Crippen molar-refractivity contribution in [2.45, 2.75) is 50.5 Å². The first-order valence-corrected chi connectivity index (χ1v) is 9.52. The number of hydrogen-bond acceptors (Lipinski definition) is 4. The molecule has 0 unspecified atom stereocenters. The average Bonchev–Trinajstić information content (AvgIpc) is 2.81. The summed E-state index contributed by atoms with van der Waals surface area (Å²) in [7, 11) is -1.71. The van der Waals surface area contributed by atoms with Crippen molar-refractivity contribution >= 4 is 21.4 Å². The van der Waals surface area contributed by atoms with E-state index in [4.69, 9.17) is 5.73 Å². The monoisotopic (exact) mass is 316 g/mol. The maximum atomic E-state index is 12.7. The highest BCUT2D eigenvalue weighted by atomic mass is 32.2. The van der Waals surface area contributed by atoms with Crippen LogP contribution >= 0.6 is 11.3 Å². The highest BCUT2D eigenvalue weighted by Gasteiger charge is 2.29. The average molecular weight is 316 g/mol. The summed E-state index contributed by atoms with van der Waals surface area (Å²) in [4.78, 5) is 1.20. The number of nitrogens with two attached hydrogens (primary N) is 1. The molecule has 114 valence electrons. The smallest absolute Gasteiger partial charge is 0.244 e. The van der Waals surface area contributed by atoms with Crippen molar-refractivity contribution in [2.24, 2.45) is 11.7 Å². The van der Waals surface area contributed by atoms with E-state index < -0.39 is 10.0 Å². The highest BCUT2D eigenvalue weighted by Crippen LogP contribution is 2.31. The third-order valence-electron chi connectivity index (χ3n) is 4.08. The summed E-state index contributed by atoms with van der Waals surface area (Å²) in [6.45, 7) is 2.75. The van der Waals surface area contributed by atoms with Crippen LogP contribution in [0.5, 0.6) is 0 Å². The standard InChI is InChI=1S/C14H24N2O2S2/c1-11-10-19-13(8-15)14(11)20(17,18)16(2)9-12-6-4-3-5-7-12/h10,12H,3-9,15H2,1-2H3. The zero-order chi connectivity index (χ0) is 14.8. The molecule has 1 aromatic heterocycles. The highest BCUT2D eigenvalue weighted by molar-refractivity contribution is 7.89. The first kappa shape index (κ1) is 15.9. The molecular weight excluding hydrogens is 292 g/mol. The van der Waals surface area contributed by atoms with Crippen molar-refractivity contribution in [3.8, 4) is 0 Å². The van der Waals surface area contributed by atoms with Gasteiger partial charge in [0.1, 0.15) is 4.90 Å². The summed E-state index contributed by atoms with van der Waals surface area (Å²) in [5.74, 6) is 0.504. The normalized spacial score (nSPS) is 17.8. The maximum Gasteiger partial charge on any atom is 0.244 e. The molecule has 1 aliphatic carbocycles. The minimum Gasteiger partial charge on any atom is -0.326 e. The van der Waals surface area contributed by atoms with Crippen LogP contribution in [0.25, 0.3) is 0 Å². The first-order chi connectivity index (χ1) is 9.46. The van der Waals surface area contributed by atoms with Gasteiger partial charge in [-0.1, -0.05) is 19.3 Å². The quantitative estimate of drug-likeness (QED) is 0.908. The van der Waals surface area contributed by atoms with E-state index in [1.165, 1.54) is 34.9 Å². The Morgan fingerprint density at radius 3 is 2.60 bits per heavy atom. The molecule has 0 radical (unpaired) electrons. The molecular formula is C14H24N2O2S2. The lowest BCUT2D eigenvalue weighted by atomic mass is 9.89. The predicted octanol–water partition coefficient (Wildman–Crippen LogP) is 2.72. The Labute approximate surface area is 126 Å². The van der Waals surface area contributed by atoms with Gasteiger partial charge in [-0.15, -0.1) is 11.3 Å². The van der Waals surface area contributed by atoms with Crippen LogP contribution in [-0.4, -0.2) is 26.3 Å². The van der Waals surface area contributed by atoms with Crippen LogP contribution in [0.2, 0.25) is 0 Å². The van der Waals surface area contributed by atoms with E-state index in [-0.39, 0.29) is 6.54 Å². The molecule has 1 fully saturated rings. The molecule has 0 saturated heterocycles. The molecule has 1 aromatic rings. The van der Waals surface area contributed by atoms with Crippen LogP contribution in [0.1, 0.15) is 42.5 Å². The molecule has 6 heteroatoms. The fraction of sp³-hybridized carbons (Fsp3) is 0.714. The molecule has 0 atom stereocenters. The number of thiophene rings is 1. The summed E-state index contributed by atoms with van der Waals surface area (Å²) in [6, 6.07) is 0. The molecule has 0 spiro atoms. The van der Waals surface area contributed by atoms with Gasteiger partial charge in [-0.05, 0) is 36.6 Å². The Morgan fingerprint density at radius 1 is 1.35 bits per heavy atom. The Bertz CT molecular complexity index is 546. The molecule has 0 bridgehead atoms. The van der Waals surface area contributed by atoms with Crippen molar-refractivity contribution in [2.75, 3.05) is 13.6 Å². The minimum absolute atomic E-state index is 0.282. The van der Waals surface area contributed by atoms with E-state index in [2.05, 4.69) is 0 Å². The fourth-order valence-corrected chi connectivity index (χ4v) is 5.85. The zero-order valence-corrected chi connectivity index (χ0v) is 13.9. The lowest BCUT2D eigenvalue weighted by Gasteiger charge is -2.27. The molecule has 20 heavy (non-hydrogen) atoms. The van der Waals surface area contributed by atoms with Crippen LogP contribution < -0.4 is 5.73 Å². The van der Waals surface area contributed by atoms with Gasteiger partial charge >= 0.3 is 0 Å². The lowest BCUT2D eigenvalue weighted by molar-refractivity contribution is 0.300. The fourth-order valence-electron chi connectivity index (χ4n) is 2.96. The topological polar surface area (TPSA) is 63.4 Å². The minimum atomic E-state index is -3.40. The Kier molecular flexibility index (Phi) is 5.23. The van der Waals surface area contributed by atoms with Crippen molar-refractivity contribution in [3.05, 3.63) is 15.8 Å². The summed E-state index contributed by atoms with van der Waals surface area (Å²) >= 11 is 1.44. The van der Waals surface area contributed by atoms with E-state index in [9.17, 15) is 8.42 Å². The third kappa shape index (κ3) is 3.24. The van der Waals surface area contributed by atoms with Crippen LogP contribution in [0.4, 0.5) is 0 Å². The maximum absolute atomic E-state index is 12.7. The van der Waals surface area contributed by atoms with Gasteiger partial charge in [0, 0.05) is 25.0 Å². The van der Waals surface area contributed by atoms with Crippen LogP contribution in [0, 0.1) is 12.8 Å².